The summed E-state index contributed by atoms with van der Waals surface area (Å²) >= 11 is 1.68. The van der Waals surface area contributed by atoms with Crippen molar-refractivity contribution in [1.29, 1.82) is 0 Å². The third-order valence-corrected chi connectivity index (χ3v) is 7.84. The van der Waals surface area contributed by atoms with Gasteiger partial charge in [-0.15, -0.1) is 11.3 Å². The van der Waals surface area contributed by atoms with Gasteiger partial charge in [-0.25, -0.2) is 4.98 Å². The molecule has 8 heteroatoms. The lowest BCUT2D eigenvalue weighted by molar-refractivity contribution is 0.291. The number of aromatic nitrogens is 2. The van der Waals surface area contributed by atoms with Gasteiger partial charge in [0.25, 0.3) is 10.2 Å². The first-order chi connectivity index (χ1) is 11.1. The molecule has 23 heavy (non-hydrogen) atoms. The SMILES string of the molecule is Cc1nc(C2CCCN(S(=O)(=O)N3CCCC3)C2)c2sccn12. The van der Waals surface area contributed by atoms with E-state index in [1.54, 1.807) is 19.9 Å². The molecule has 0 N–H and O–H groups in total. The highest BCUT2D eigenvalue weighted by molar-refractivity contribution is 7.86. The second-order valence-electron chi connectivity index (χ2n) is 6.43. The Morgan fingerprint density at radius 2 is 1.91 bits per heavy atom. The van der Waals surface area contributed by atoms with Crippen molar-refractivity contribution < 1.29 is 8.42 Å². The number of imidazole rings is 1. The highest BCUT2D eigenvalue weighted by Gasteiger charge is 2.36. The summed E-state index contributed by atoms with van der Waals surface area (Å²) in [6.07, 6.45) is 5.91. The fourth-order valence-corrected chi connectivity index (χ4v) is 6.44. The van der Waals surface area contributed by atoms with Crippen molar-refractivity contribution in [3.8, 4) is 0 Å². The number of nitrogens with zero attached hydrogens (tertiary/aromatic N) is 4. The van der Waals surface area contributed by atoms with Crippen LogP contribution >= 0.6 is 11.3 Å². The first kappa shape index (κ1) is 15.6. The van der Waals surface area contributed by atoms with Crippen molar-refractivity contribution in [3.63, 3.8) is 0 Å². The Balaban J connectivity index is 1.61. The van der Waals surface area contributed by atoms with E-state index in [9.17, 15) is 8.42 Å². The molecule has 0 spiro atoms. The molecule has 2 saturated heterocycles. The topological polar surface area (TPSA) is 57.9 Å². The summed E-state index contributed by atoms with van der Waals surface area (Å²) in [4.78, 5) is 5.89. The fourth-order valence-electron chi connectivity index (χ4n) is 3.72. The Bertz CT molecular complexity index is 805. The molecule has 4 heterocycles. The maximum absolute atomic E-state index is 12.8. The highest BCUT2D eigenvalue weighted by atomic mass is 32.2. The molecule has 0 aromatic carbocycles. The van der Waals surface area contributed by atoms with E-state index in [0.717, 1.165) is 42.0 Å². The zero-order chi connectivity index (χ0) is 16.0. The van der Waals surface area contributed by atoms with Crippen LogP contribution in [0.4, 0.5) is 0 Å². The molecule has 126 valence electrons. The molecule has 2 aliphatic heterocycles. The van der Waals surface area contributed by atoms with Gasteiger partial charge in [0.2, 0.25) is 0 Å². The quantitative estimate of drug-likeness (QED) is 0.849. The van der Waals surface area contributed by atoms with E-state index >= 15 is 0 Å². The third kappa shape index (κ3) is 2.61. The minimum atomic E-state index is -3.30. The van der Waals surface area contributed by atoms with Gasteiger partial charge < -0.3 is 0 Å². The predicted molar refractivity (Wildman–Crippen MR) is 91.1 cm³/mol. The summed E-state index contributed by atoms with van der Waals surface area (Å²) in [5, 5.41) is 2.06. The zero-order valence-corrected chi connectivity index (χ0v) is 14.9. The molecule has 2 aliphatic rings. The van der Waals surface area contributed by atoms with Crippen LogP contribution < -0.4 is 0 Å². The van der Waals surface area contributed by atoms with Gasteiger partial charge in [-0.1, -0.05) is 0 Å². The summed E-state index contributed by atoms with van der Waals surface area (Å²) in [6, 6.07) is 0. The van der Waals surface area contributed by atoms with E-state index in [1.165, 1.54) is 0 Å². The lowest BCUT2D eigenvalue weighted by Crippen LogP contribution is -2.46. The van der Waals surface area contributed by atoms with Gasteiger partial charge in [-0.2, -0.15) is 17.0 Å². The molecule has 0 radical (unpaired) electrons. The van der Waals surface area contributed by atoms with Gasteiger partial charge in [0, 0.05) is 43.7 Å². The summed E-state index contributed by atoms with van der Waals surface area (Å²) in [5.74, 6) is 1.18. The van der Waals surface area contributed by atoms with Crippen molar-refractivity contribution in [2.75, 3.05) is 26.2 Å². The normalized spacial score (nSPS) is 24.7. The second-order valence-corrected chi connectivity index (χ2v) is 9.26. The monoisotopic (exact) mass is 354 g/mol. The highest BCUT2D eigenvalue weighted by Crippen LogP contribution is 2.33. The molecule has 0 amide bonds. The summed E-state index contributed by atoms with van der Waals surface area (Å²) in [7, 11) is -3.30. The van der Waals surface area contributed by atoms with E-state index in [-0.39, 0.29) is 5.92 Å². The Morgan fingerprint density at radius 3 is 2.70 bits per heavy atom. The zero-order valence-electron chi connectivity index (χ0n) is 13.3. The van der Waals surface area contributed by atoms with Crippen molar-refractivity contribution in [2.24, 2.45) is 0 Å². The van der Waals surface area contributed by atoms with Crippen LogP contribution in [0.3, 0.4) is 0 Å². The number of fused-ring (bicyclic) bond motifs is 1. The van der Waals surface area contributed by atoms with Gasteiger partial charge in [0.1, 0.15) is 10.7 Å². The molecule has 0 saturated carbocycles. The van der Waals surface area contributed by atoms with Crippen LogP contribution in [0.15, 0.2) is 11.6 Å². The van der Waals surface area contributed by atoms with Crippen LogP contribution in [0.2, 0.25) is 0 Å². The lowest BCUT2D eigenvalue weighted by Gasteiger charge is -2.33. The van der Waals surface area contributed by atoms with Gasteiger partial charge in [-0.3, -0.25) is 4.40 Å². The molecule has 1 atom stereocenters. The van der Waals surface area contributed by atoms with Crippen molar-refractivity contribution >= 4 is 26.4 Å². The van der Waals surface area contributed by atoms with E-state index in [0.29, 0.717) is 26.2 Å². The number of thiazole rings is 1. The molecule has 0 bridgehead atoms. The fraction of sp³-hybridized carbons (Fsp3) is 0.667. The Morgan fingerprint density at radius 1 is 1.17 bits per heavy atom. The molecular weight excluding hydrogens is 332 g/mol. The van der Waals surface area contributed by atoms with E-state index in [4.69, 9.17) is 4.98 Å². The molecule has 0 aliphatic carbocycles. The van der Waals surface area contributed by atoms with Crippen LogP contribution in [0.25, 0.3) is 4.83 Å². The predicted octanol–water partition coefficient (Wildman–Crippen LogP) is 2.22. The van der Waals surface area contributed by atoms with E-state index in [1.807, 2.05) is 13.1 Å². The second kappa shape index (κ2) is 5.84. The molecule has 2 aromatic heterocycles. The lowest BCUT2D eigenvalue weighted by atomic mass is 9.97. The summed E-state index contributed by atoms with van der Waals surface area (Å²) in [6.45, 7) is 4.54. The summed E-state index contributed by atoms with van der Waals surface area (Å²) in [5.41, 5.74) is 1.07. The number of hydrogen-bond donors (Lipinski definition) is 0. The number of piperidine rings is 1. The molecule has 4 rings (SSSR count). The smallest absolute Gasteiger partial charge is 0.281 e. The van der Waals surface area contributed by atoms with Crippen LogP contribution in [0.5, 0.6) is 0 Å². The van der Waals surface area contributed by atoms with Gasteiger partial charge in [-0.05, 0) is 32.6 Å². The van der Waals surface area contributed by atoms with Crippen molar-refractivity contribution in [1.82, 2.24) is 18.0 Å². The maximum atomic E-state index is 12.8. The minimum Gasteiger partial charge on any atom is -0.294 e. The standard InChI is InChI=1S/C15H22N4O2S2/c1-12-16-14(15-19(12)9-10-22-15)13-5-4-8-18(11-13)23(20,21)17-6-2-3-7-17/h9-10,13H,2-8,11H2,1H3. The molecule has 6 nitrogen and oxygen atoms in total. The number of hydrogen-bond acceptors (Lipinski definition) is 4. The first-order valence-corrected chi connectivity index (χ1v) is 10.5. The third-order valence-electron chi connectivity index (χ3n) is 4.95. The van der Waals surface area contributed by atoms with Crippen LogP contribution in [-0.2, 0) is 10.2 Å². The van der Waals surface area contributed by atoms with Crippen LogP contribution in [0, 0.1) is 6.92 Å². The maximum Gasteiger partial charge on any atom is 0.281 e. The molecule has 1 unspecified atom stereocenters. The molecular formula is C15H22N4O2S2. The Hall–Kier alpha value is -0.960. The summed E-state index contributed by atoms with van der Waals surface area (Å²) < 4.78 is 31.1. The first-order valence-electron chi connectivity index (χ1n) is 8.24. The Labute approximate surface area is 140 Å². The molecule has 2 aromatic rings. The number of aryl methyl sites for hydroxylation is 1. The van der Waals surface area contributed by atoms with Gasteiger partial charge >= 0.3 is 0 Å². The Kier molecular flexibility index (Phi) is 3.95. The average Bonchev–Trinajstić information content (AvgIpc) is 3.27. The molecule has 2 fully saturated rings. The average molecular weight is 355 g/mol. The van der Waals surface area contributed by atoms with Crippen LogP contribution in [0.1, 0.15) is 43.1 Å². The minimum absolute atomic E-state index is 0.198. The van der Waals surface area contributed by atoms with Crippen LogP contribution in [-0.4, -0.2) is 52.6 Å². The van der Waals surface area contributed by atoms with Gasteiger partial charge in [0.05, 0.1) is 5.69 Å². The van der Waals surface area contributed by atoms with Gasteiger partial charge in [0.15, 0.2) is 0 Å². The van der Waals surface area contributed by atoms with E-state index < -0.39 is 10.2 Å². The number of rotatable bonds is 3. The van der Waals surface area contributed by atoms with Crippen molar-refractivity contribution in [3.05, 3.63) is 23.1 Å². The van der Waals surface area contributed by atoms with E-state index in [2.05, 4.69) is 9.78 Å². The largest absolute Gasteiger partial charge is 0.294 e. The van der Waals surface area contributed by atoms with Crippen molar-refractivity contribution in [2.45, 2.75) is 38.5 Å².